The van der Waals surface area contributed by atoms with E-state index >= 15 is 0 Å². The van der Waals surface area contributed by atoms with E-state index in [0.717, 1.165) is 11.3 Å². The third-order valence-corrected chi connectivity index (χ3v) is 2.11. The lowest BCUT2D eigenvalue weighted by atomic mass is 10.1. The van der Waals surface area contributed by atoms with E-state index in [1.54, 1.807) is 0 Å². The normalized spacial score (nSPS) is 11.9. The third kappa shape index (κ3) is 3.62. The van der Waals surface area contributed by atoms with Crippen molar-refractivity contribution in [2.75, 3.05) is 6.61 Å². The molecule has 1 amide bonds. The zero-order valence-corrected chi connectivity index (χ0v) is 9.41. The van der Waals surface area contributed by atoms with Gasteiger partial charge >= 0.3 is 0 Å². The van der Waals surface area contributed by atoms with Crippen molar-refractivity contribution in [1.82, 2.24) is 5.32 Å². The average molecular weight is 207 g/mol. The van der Waals surface area contributed by atoms with Gasteiger partial charge in [0.2, 0.25) is 5.91 Å². The smallest absolute Gasteiger partial charge is 0.217 e. The molecule has 0 saturated heterocycles. The molecule has 1 unspecified atom stereocenters. The van der Waals surface area contributed by atoms with Gasteiger partial charge in [-0.1, -0.05) is 12.1 Å². The Morgan fingerprint density at radius 3 is 2.47 bits per heavy atom. The maximum atomic E-state index is 10.9. The summed E-state index contributed by atoms with van der Waals surface area (Å²) < 4.78 is 5.33. The second-order valence-electron chi connectivity index (χ2n) is 3.42. The molecule has 0 fully saturated rings. The van der Waals surface area contributed by atoms with Crippen molar-refractivity contribution in [3.05, 3.63) is 29.8 Å². The molecule has 1 atom stereocenters. The van der Waals surface area contributed by atoms with E-state index in [2.05, 4.69) is 5.32 Å². The van der Waals surface area contributed by atoms with Gasteiger partial charge in [0.1, 0.15) is 5.75 Å². The molecule has 0 aromatic heterocycles. The van der Waals surface area contributed by atoms with Gasteiger partial charge in [0.05, 0.1) is 12.6 Å². The summed E-state index contributed by atoms with van der Waals surface area (Å²) in [5.74, 6) is 0.840. The van der Waals surface area contributed by atoms with Crippen molar-refractivity contribution in [3.63, 3.8) is 0 Å². The van der Waals surface area contributed by atoms with E-state index in [1.807, 2.05) is 38.1 Å². The number of nitrogens with one attached hydrogen (secondary N) is 1. The Morgan fingerprint density at radius 2 is 2.00 bits per heavy atom. The molecule has 0 aliphatic carbocycles. The Morgan fingerprint density at radius 1 is 1.40 bits per heavy atom. The van der Waals surface area contributed by atoms with Crippen LogP contribution in [0.1, 0.15) is 32.4 Å². The van der Waals surface area contributed by atoms with Gasteiger partial charge in [0, 0.05) is 6.92 Å². The van der Waals surface area contributed by atoms with Crippen molar-refractivity contribution in [2.24, 2.45) is 0 Å². The van der Waals surface area contributed by atoms with Gasteiger partial charge < -0.3 is 10.1 Å². The molecule has 1 N–H and O–H groups in total. The summed E-state index contributed by atoms with van der Waals surface area (Å²) in [6.45, 7) is 6.09. The summed E-state index contributed by atoms with van der Waals surface area (Å²) in [7, 11) is 0. The standard InChI is InChI=1S/C12H17NO2/c1-4-15-12-7-5-11(6-8-12)9(2)13-10(3)14/h5-9H,4H2,1-3H3,(H,13,14). The fraction of sp³-hybridized carbons (Fsp3) is 0.417. The van der Waals surface area contributed by atoms with E-state index in [0.29, 0.717) is 6.61 Å². The number of hydrogen-bond donors (Lipinski definition) is 1. The van der Waals surface area contributed by atoms with Crippen molar-refractivity contribution < 1.29 is 9.53 Å². The molecule has 3 heteroatoms. The molecule has 82 valence electrons. The highest BCUT2D eigenvalue weighted by atomic mass is 16.5. The van der Waals surface area contributed by atoms with Gasteiger partial charge in [0.25, 0.3) is 0 Å². The highest BCUT2D eigenvalue weighted by Gasteiger charge is 2.05. The fourth-order valence-electron chi connectivity index (χ4n) is 1.41. The van der Waals surface area contributed by atoms with E-state index in [9.17, 15) is 4.79 Å². The molecule has 0 aliphatic rings. The van der Waals surface area contributed by atoms with Gasteiger partial charge in [-0.3, -0.25) is 4.79 Å². The molecule has 0 bridgehead atoms. The number of hydrogen-bond acceptors (Lipinski definition) is 2. The number of carbonyl (C=O) groups is 1. The Balaban J connectivity index is 2.66. The minimum Gasteiger partial charge on any atom is -0.494 e. The summed E-state index contributed by atoms with van der Waals surface area (Å²) in [6.07, 6.45) is 0. The zero-order valence-electron chi connectivity index (χ0n) is 9.41. The van der Waals surface area contributed by atoms with Crippen LogP contribution in [-0.2, 0) is 4.79 Å². The topological polar surface area (TPSA) is 38.3 Å². The van der Waals surface area contributed by atoms with Gasteiger partial charge in [-0.05, 0) is 31.5 Å². The van der Waals surface area contributed by atoms with Crippen LogP contribution < -0.4 is 10.1 Å². The lowest BCUT2D eigenvalue weighted by molar-refractivity contribution is -0.119. The van der Waals surface area contributed by atoms with Crippen LogP contribution in [0.5, 0.6) is 5.75 Å². The first-order chi connectivity index (χ1) is 7.13. The first-order valence-electron chi connectivity index (χ1n) is 5.13. The van der Waals surface area contributed by atoms with Crippen molar-refractivity contribution in [2.45, 2.75) is 26.8 Å². The van der Waals surface area contributed by atoms with Crippen LogP contribution in [-0.4, -0.2) is 12.5 Å². The maximum absolute atomic E-state index is 10.9. The largest absolute Gasteiger partial charge is 0.494 e. The van der Waals surface area contributed by atoms with Crippen LogP contribution in [0.15, 0.2) is 24.3 Å². The van der Waals surface area contributed by atoms with Crippen molar-refractivity contribution in [3.8, 4) is 5.75 Å². The molecule has 1 aromatic carbocycles. The number of rotatable bonds is 4. The molecule has 0 heterocycles. The maximum Gasteiger partial charge on any atom is 0.217 e. The first kappa shape index (κ1) is 11.6. The molecular weight excluding hydrogens is 190 g/mol. The summed E-state index contributed by atoms with van der Waals surface area (Å²) in [4.78, 5) is 10.9. The van der Waals surface area contributed by atoms with Gasteiger partial charge in [-0.2, -0.15) is 0 Å². The minimum atomic E-state index is -0.0172. The molecule has 1 aromatic rings. The van der Waals surface area contributed by atoms with Crippen LogP contribution in [0.4, 0.5) is 0 Å². The van der Waals surface area contributed by atoms with Crippen molar-refractivity contribution in [1.29, 1.82) is 0 Å². The number of carbonyl (C=O) groups excluding carboxylic acids is 1. The molecule has 0 aliphatic heterocycles. The zero-order chi connectivity index (χ0) is 11.3. The number of ether oxygens (including phenoxy) is 1. The molecule has 0 saturated carbocycles. The Hall–Kier alpha value is -1.51. The third-order valence-electron chi connectivity index (χ3n) is 2.11. The second kappa shape index (κ2) is 5.39. The van der Waals surface area contributed by atoms with Gasteiger partial charge in [-0.15, -0.1) is 0 Å². The minimum absolute atomic E-state index is 0.0172. The molecule has 1 rings (SSSR count). The van der Waals surface area contributed by atoms with Crippen LogP contribution in [0.2, 0.25) is 0 Å². The van der Waals surface area contributed by atoms with Gasteiger partial charge in [0.15, 0.2) is 0 Å². The summed E-state index contributed by atoms with van der Waals surface area (Å²) in [5.41, 5.74) is 1.08. The Labute approximate surface area is 90.4 Å². The molecule has 3 nitrogen and oxygen atoms in total. The quantitative estimate of drug-likeness (QED) is 0.822. The van der Waals surface area contributed by atoms with Gasteiger partial charge in [-0.25, -0.2) is 0 Å². The monoisotopic (exact) mass is 207 g/mol. The average Bonchev–Trinajstić information content (AvgIpc) is 2.18. The predicted octanol–water partition coefficient (Wildman–Crippen LogP) is 2.28. The summed E-state index contributed by atoms with van der Waals surface area (Å²) in [6, 6.07) is 7.80. The summed E-state index contributed by atoms with van der Waals surface area (Å²) in [5, 5.41) is 2.83. The van der Waals surface area contributed by atoms with Crippen LogP contribution in [0.25, 0.3) is 0 Å². The predicted molar refractivity (Wildman–Crippen MR) is 59.8 cm³/mol. The highest BCUT2D eigenvalue weighted by molar-refractivity contribution is 5.73. The Bertz CT molecular complexity index is 319. The van der Waals surface area contributed by atoms with E-state index in [-0.39, 0.29) is 11.9 Å². The van der Waals surface area contributed by atoms with E-state index in [4.69, 9.17) is 4.74 Å². The number of benzene rings is 1. The summed E-state index contributed by atoms with van der Waals surface area (Å²) >= 11 is 0. The SMILES string of the molecule is CCOc1ccc(C(C)NC(C)=O)cc1. The number of amides is 1. The fourth-order valence-corrected chi connectivity index (χ4v) is 1.41. The second-order valence-corrected chi connectivity index (χ2v) is 3.42. The van der Waals surface area contributed by atoms with Crippen LogP contribution in [0.3, 0.4) is 0 Å². The molecule has 15 heavy (non-hydrogen) atoms. The van der Waals surface area contributed by atoms with Crippen LogP contribution in [0, 0.1) is 0 Å². The molecule has 0 spiro atoms. The lowest BCUT2D eigenvalue weighted by Gasteiger charge is -2.13. The van der Waals surface area contributed by atoms with Crippen molar-refractivity contribution >= 4 is 5.91 Å². The van der Waals surface area contributed by atoms with E-state index in [1.165, 1.54) is 6.92 Å². The molecule has 0 radical (unpaired) electrons. The van der Waals surface area contributed by atoms with E-state index < -0.39 is 0 Å². The van der Waals surface area contributed by atoms with Crippen LogP contribution >= 0.6 is 0 Å². The lowest BCUT2D eigenvalue weighted by Crippen LogP contribution is -2.23. The highest BCUT2D eigenvalue weighted by Crippen LogP contribution is 2.17. The first-order valence-corrected chi connectivity index (χ1v) is 5.13. The molecular formula is C12H17NO2. The Kier molecular flexibility index (Phi) is 4.16.